The standard InChI is InChI=1S/C29H34N4O5/c1-17-21(18(2)31-23(17)28(37)38-6)25(34)22-24(19-8-10-20(11-9-19)29(3,4)5)33(27(36)26(22)35)14-7-13-32-15-12-30-16-32/h8-12,15-16,24H,7,13-14H2,1-6H3,(H2,31,34,35,37)/p+1. The number of nitrogens with zero attached hydrogens (tertiary/aromatic N) is 2. The first-order valence-corrected chi connectivity index (χ1v) is 12.6. The van der Waals surface area contributed by atoms with E-state index in [2.05, 4.69) is 30.7 Å². The molecule has 1 saturated heterocycles. The fourth-order valence-electron chi connectivity index (χ4n) is 5.05. The molecule has 1 aromatic carbocycles. The second-order valence-electron chi connectivity index (χ2n) is 10.7. The summed E-state index contributed by atoms with van der Waals surface area (Å²) >= 11 is 0. The van der Waals surface area contributed by atoms with E-state index < -0.39 is 23.7 Å². The van der Waals surface area contributed by atoms with Gasteiger partial charge in [0.1, 0.15) is 23.8 Å². The molecule has 3 aromatic rings. The predicted molar refractivity (Wildman–Crippen MR) is 141 cm³/mol. The number of benzene rings is 1. The summed E-state index contributed by atoms with van der Waals surface area (Å²) in [5.74, 6) is -2.30. The first-order chi connectivity index (χ1) is 18.0. The molecule has 4 rings (SSSR count). The van der Waals surface area contributed by atoms with Crippen LogP contribution in [0.1, 0.15) is 71.7 Å². The number of hydrogen-bond acceptors (Lipinski definition) is 5. The molecule has 38 heavy (non-hydrogen) atoms. The second kappa shape index (κ2) is 10.3. The minimum Gasteiger partial charge on any atom is -0.507 e. The lowest BCUT2D eigenvalue weighted by atomic mass is 9.85. The number of amides is 1. The number of carbonyl (C=O) groups is 3. The average molecular weight is 520 g/mol. The molecule has 2 aromatic heterocycles. The van der Waals surface area contributed by atoms with Gasteiger partial charge in [-0.2, -0.15) is 0 Å². The Kier molecular flexibility index (Phi) is 7.31. The van der Waals surface area contributed by atoms with Gasteiger partial charge in [-0.1, -0.05) is 45.0 Å². The summed E-state index contributed by atoms with van der Waals surface area (Å²) in [6.45, 7) is 10.7. The lowest BCUT2D eigenvalue weighted by molar-refractivity contribution is -0.695. The molecule has 0 saturated carbocycles. The van der Waals surface area contributed by atoms with Crippen molar-refractivity contribution < 1.29 is 28.8 Å². The van der Waals surface area contributed by atoms with Gasteiger partial charge in [0.25, 0.3) is 11.7 Å². The van der Waals surface area contributed by atoms with Gasteiger partial charge in [-0.25, -0.2) is 9.36 Å². The van der Waals surface area contributed by atoms with Gasteiger partial charge < -0.3 is 19.7 Å². The number of esters is 1. The number of aliphatic hydroxyl groups excluding tert-OH is 1. The highest BCUT2D eigenvalue weighted by atomic mass is 16.5. The van der Waals surface area contributed by atoms with E-state index in [1.807, 2.05) is 47.6 Å². The fourth-order valence-corrected chi connectivity index (χ4v) is 5.05. The first-order valence-electron chi connectivity index (χ1n) is 12.6. The van der Waals surface area contributed by atoms with Crippen LogP contribution in [0.15, 0.2) is 48.6 Å². The summed E-state index contributed by atoms with van der Waals surface area (Å²) < 4.78 is 6.81. The molecule has 0 radical (unpaired) electrons. The molecule has 1 atom stereocenters. The Hall–Kier alpha value is -4.14. The molecule has 200 valence electrons. The van der Waals surface area contributed by atoms with Crippen molar-refractivity contribution >= 4 is 23.4 Å². The van der Waals surface area contributed by atoms with Gasteiger partial charge in [0, 0.05) is 24.2 Å². The minimum absolute atomic E-state index is 0.00872. The van der Waals surface area contributed by atoms with Crippen LogP contribution in [0.4, 0.5) is 0 Å². The molecule has 0 aliphatic carbocycles. The topological polar surface area (TPSA) is 119 Å². The molecule has 0 spiro atoms. The molecule has 0 bridgehead atoms. The van der Waals surface area contributed by atoms with Crippen molar-refractivity contribution in [2.45, 2.75) is 59.0 Å². The van der Waals surface area contributed by atoms with Crippen molar-refractivity contribution in [1.82, 2.24) is 14.9 Å². The molecule has 1 unspecified atom stereocenters. The Morgan fingerprint density at radius 2 is 1.84 bits per heavy atom. The number of imidazole rings is 1. The zero-order valence-electron chi connectivity index (χ0n) is 22.7. The number of likely N-dealkylation sites (tertiary alicyclic amines) is 1. The third kappa shape index (κ3) is 4.88. The van der Waals surface area contributed by atoms with Crippen LogP contribution in [0.2, 0.25) is 0 Å². The number of rotatable bonds is 7. The maximum atomic E-state index is 13.4. The van der Waals surface area contributed by atoms with Crippen LogP contribution in [0.3, 0.4) is 0 Å². The number of ether oxygens (including phenoxy) is 1. The van der Waals surface area contributed by atoms with Gasteiger partial charge in [-0.15, -0.1) is 0 Å². The van der Waals surface area contributed by atoms with Crippen molar-refractivity contribution in [3.8, 4) is 0 Å². The number of hydrogen-bond donors (Lipinski definition) is 3. The van der Waals surface area contributed by atoms with Crippen LogP contribution >= 0.6 is 0 Å². The number of aliphatic hydroxyl groups is 1. The molecule has 1 aliphatic heterocycles. The number of methoxy groups -OCH3 is 1. The molecular formula is C29H35N4O5+. The highest BCUT2D eigenvalue weighted by Crippen LogP contribution is 2.41. The molecular weight excluding hydrogens is 484 g/mol. The van der Waals surface area contributed by atoms with Crippen LogP contribution in [0.5, 0.6) is 0 Å². The highest BCUT2D eigenvalue weighted by Gasteiger charge is 2.46. The van der Waals surface area contributed by atoms with E-state index in [0.717, 1.165) is 11.1 Å². The van der Waals surface area contributed by atoms with Crippen LogP contribution in [-0.4, -0.2) is 51.3 Å². The van der Waals surface area contributed by atoms with Gasteiger partial charge in [0.05, 0.1) is 25.3 Å². The van der Waals surface area contributed by atoms with Crippen LogP contribution in [0.25, 0.3) is 5.76 Å². The number of ketones is 1. The number of H-pyrrole nitrogens is 2. The van der Waals surface area contributed by atoms with E-state index in [-0.39, 0.29) is 22.4 Å². The van der Waals surface area contributed by atoms with Gasteiger partial charge in [-0.3, -0.25) is 14.6 Å². The van der Waals surface area contributed by atoms with Crippen molar-refractivity contribution in [3.05, 3.63) is 82.2 Å². The van der Waals surface area contributed by atoms with Crippen LogP contribution in [0, 0.1) is 13.8 Å². The van der Waals surface area contributed by atoms with E-state index in [0.29, 0.717) is 36.3 Å². The Morgan fingerprint density at radius 3 is 2.42 bits per heavy atom. The number of Topliss-reactive ketones (excluding diaryl/α,β-unsaturated/α-hetero) is 1. The third-order valence-corrected chi connectivity index (χ3v) is 7.11. The summed E-state index contributed by atoms with van der Waals surface area (Å²) in [5.41, 5.74) is 3.24. The first kappa shape index (κ1) is 26.9. The molecule has 9 heteroatoms. The van der Waals surface area contributed by atoms with Gasteiger partial charge in [0.15, 0.2) is 0 Å². The molecule has 1 aliphatic rings. The molecule has 3 heterocycles. The quantitative estimate of drug-likeness (QED) is 0.144. The third-order valence-electron chi connectivity index (χ3n) is 7.11. The van der Waals surface area contributed by atoms with Crippen LogP contribution in [-0.2, 0) is 26.3 Å². The van der Waals surface area contributed by atoms with E-state index >= 15 is 0 Å². The summed E-state index contributed by atoms with van der Waals surface area (Å²) in [6, 6.07) is 7.04. The van der Waals surface area contributed by atoms with Crippen molar-refractivity contribution in [2.24, 2.45) is 0 Å². The smallest absolute Gasteiger partial charge is 0.354 e. The van der Waals surface area contributed by atoms with Gasteiger partial charge in [-0.05, 0) is 36.0 Å². The average Bonchev–Trinajstić information content (AvgIpc) is 3.56. The lowest BCUT2D eigenvalue weighted by Gasteiger charge is -2.26. The second-order valence-corrected chi connectivity index (χ2v) is 10.7. The summed E-state index contributed by atoms with van der Waals surface area (Å²) in [5, 5.41) is 11.5. The van der Waals surface area contributed by atoms with E-state index in [9.17, 15) is 19.5 Å². The molecule has 9 nitrogen and oxygen atoms in total. The van der Waals surface area contributed by atoms with Gasteiger partial charge in [0.2, 0.25) is 6.33 Å². The summed E-state index contributed by atoms with van der Waals surface area (Å²) in [7, 11) is 1.27. The zero-order valence-corrected chi connectivity index (χ0v) is 22.7. The number of aryl methyl sites for hydroxylation is 2. The van der Waals surface area contributed by atoms with Crippen molar-refractivity contribution in [2.75, 3.05) is 13.7 Å². The maximum Gasteiger partial charge on any atom is 0.354 e. The van der Waals surface area contributed by atoms with E-state index in [1.54, 1.807) is 13.8 Å². The Balaban J connectivity index is 1.81. The number of nitrogens with one attached hydrogen (secondary N) is 2. The number of carbonyl (C=O) groups excluding carboxylic acids is 3. The monoisotopic (exact) mass is 519 g/mol. The lowest BCUT2D eigenvalue weighted by Crippen LogP contribution is -2.36. The Morgan fingerprint density at radius 1 is 1.16 bits per heavy atom. The summed E-state index contributed by atoms with van der Waals surface area (Å²) in [4.78, 5) is 46.5. The predicted octanol–water partition coefficient (Wildman–Crippen LogP) is 3.84. The SMILES string of the molecule is COC(=O)c1[nH]c(C)c(/C(O)=C2\C(=O)C(=O)N(CCC[n+]3cc[nH]c3)C2c2ccc(C(C)(C)C)cc2)c1C. The van der Waals surface area contributed by atoms with E-state index in [4.69, 9.17) is 4.74 Å². The Labute approximate surface area is 222 Å². The van der Waals surface area contributed by atoms with E-state index in [1.165, 1.54) is 12.0 Å². The van der Waals surface area contributed by atoms with Crippen molar-refractivity contribution in [1.29, 1.82) is 0 Å². The Bertz CT molecular complexity index is 1390. The van der Waals surface area contributed by atoms with Crippen LogP contribution < -0.4 is 4.57 Å². The van der Waals surface area contributed by atoms with Crippen molar-refractivity contribution in [3.63, 3.8) is 0 Å². The normalized spacial score (nSPS) is 17.3. The number of aromatic nitrogens is 3. The molecule has 3 N–H and O–H groups in total. The van der Waals surface area contributed by atoms with Gasteiger partial charge >= 0.3 is 5.97 Å². The number of aromatic amines is 2. The zero-order chi connectivity index (χ0) is 27.8. The maximum absolute atomic E-state index is 13.4. The largest absolute Gasteiger partial charge is 0.507 e. The molecule has 1 fully saturated rings. The minimum atomic E-state index is -0.768. The molecule has 1 amide bonds. The highest BCUT2D eigenvalue weighted by molar-refractivity contribution is 6.46. The summed E-state index contributed by atoms with van der Waals surface area (Å²) in [6.07, 6.45) is 6.15. The fraction of sp³-hybridized carbons (Fsp3) is 0.379.